The molecule has 0 aliphatic carbocycles. The van der Waals surface area contributed by atoms with Crippen LogP contribution in [0.5, 0.6) is 0 Å². The van der Waals surface area contributed by atoms with Crippen molar-refractivity contribution in [1.82, 2.24) is 4.90 Å². The van der Waals surface area contributed by atoms with Crippen molar-refractivity contribution in [2.24, 2.45) is 0 Å². The first-order valence-corrected chi connectivity index (χ1v) is 10.9. The van der Waals surface area contributed by atoms with E-state index < -0.39 is 11.9 Å². The van der Waals surface area contributed by atoms with E-state index in [4.69, 9.17) is 16.3 Å². The first kappa shape index (κ1) is 23.6. The third-order valence-corrected chi connectivity index (χ3v) is 5.85. The molecule has 0 bridgehead atoms. The Morgan fingerprint density at radius 2 is 1.77 bits per heavy atom. The first-order chi connectivity index (χ1) is 14.3. The number of carbonyl (C=O) groups is 3. The van der Waals surface area contributed by atoms with E-state index in [9.17, 15) is 14.4 Å². The molecule has 0 fully saturated rings. The van der Waals surface area contributed by atoms with Crippen molar-refractivity contribution in [3.05, 3.63) is 56.9 Å². The fourth-order valence-corrected chi connectivity index (χ4v) is 4.10. The minimum Gasteiger partial charge on any atom is -0.462 e. The van der Waals surface area contributed by atoms with Gasteiger partial charge in [-0.2, -0.15) is 0 Å². The van der Waals surface area contributed by atoms with Crippen LogP contribution in [-0.4, -0.2) is 42.4 Å². The standard InChI is InChI=1S/C22H25ClN2O4S/c1-5-25(6-2)21(27)19-14(4)18(22(28)29-7-3)20(30-19)24-17(26)13-10-15-8-11-16(23)12-9-15/h8-13H,5-7H2,1-4H3,(H,24,26)/b13-10+. The Morgan fingerprint density at radius 1 is 1.13 bits per heavy atom. The summed E-state index contributed by atoms with van der Waals surface area (Å²) in [6, 6.07) is 7.02. The van der Waals surface area contributed by atoms with Gasteiger partial charge in [0.05, 0.1) is 17.0 Å². The molecule has 0 unspecified atom stereocenters. The summed E-state index contributed by atoms with van der Waals surface area (Å²) in [6.07, 6.45) is 3.00. The van der Waals surface area contributed by atoms with Crippen LogP contribution >= 0.6 is 22.9 Å². The van der Waals surface area contributed by atoms with Gasteiger partial charge < -0.3 is 15.0 Å². The molecule has 6 nitrogen and oxygen atoms in total. The number of benzene rings is 1. The summed E-state index contributed by atoms with van der Waals surface area (Å²) < 4.78 is 5.14. The maximum absolute atomic E-state index is 12.8. The van der Waals surface area contributed by atoms with Crippen molar-refractivity contribution in [3.63, 3.8) is 0 Å². The van der Waals surface area contributed by atoms with Crippen LogP contribution in [-0.2, 0) is 9.53 Å². The molecule has 0 aliphatic heterocycles. The monoisotopic (exact) mass is 448 g/mol. The quantitative estimate of drug-likeness (QED) is 0.454. The van der Waals surface area contributed by atoms with Gasteiger partial charge in [0.15, 0.2) is 0 Å². The molecule has 160 valence electrons. The number of nitrogens with zero attached hydrogens (tertiary/aromatic N) is 1. The van der Waals surface area contributed by atoms with E-state index in [1.807, 2.05) is 13.8 Å². The predicted molar refractivity (Wildman–Crippen MR) is 121 cm³/mol. The van der Waals surface area contributed by atoms with Crippen LogP contribution < -0.4 is 5.32 Å². The normalized spacial score (nSPS) is 10.8. The maximum Gasteiger partial charge on any atom is 0.341 e. The van der Waals surface area contributed by atoms with E-state index in [1.165, 1.54) is 6.08 Å². The molecule has 2 aromatic rings. The molecule has 1 N–H and O–H groups in total. The van der Waals surface area contributed by atoms with Crippen LogP contribution in [0, 0.1) is 6.92 Å². The Bertz CT molecular complexity index is 947. The van der Waals surface area contributed by atoms with Crippen molar-refractivity contribution in [2.45, 2.75) is 27.7 Å². The lowest BCUT2D eigenvalue weighted by Gasteiger charge is -2.18. The molecule has 1 aromatic carbocycles. The summed E-state index contributed by atoms with van der Waals surface area (Å²) in [6.45, 7) is 8.46. The predicted octanol–water partition coefficient (Wildman–Crippen LogP) is 5.02. The summed E-state index contributed by atoms with van der Waals surface area (Å²) in [5.74, 6) is -1.16. The Balaban J connectivity index is 2.33. The van der Waals surface area contributed by atoms with Gasteiger partial charge in [-0.3, -0.25) is 9.59 Å². The fourth-order valence-electron chi connectivity index (χ4n) is 2.81. The van der Waals surface area contributed by atoms with Crippen LogP contribution in [0.15, 0.2) is 30.3 Å². The minimum absolute atomic E-state index is 0.176. The number of carbonyl (C=O) groups excluding carboxylic acids is 3. The van der Waals surface area contributed by atoms with Gasteiger partial charge in [0.2, 0.25) is 5.91 Å². The second-order valence-electron chi connectivity index (χ2n) is 6.33. The summed E-state index contributed by atoms with van der Waals surface area (Å²) in [5, 5.41) is 3.62. The molecule has 0 saturated heterocycles. The van der Waals surface area contributed by atoms with Gasteiger partial charge in [0.1, 0.15) is 5.00 Å². The molecule has 8 heteroatoms. The minimum atomic E-state index is -0.568. The van der Waals surface area contributed by atoms with Gasteiger partial charge in [-0.1, -0.05) is 23.7 Å². The zero-order valence-corrected chi connectivity index (χ0v) is 19.0. The van der Waals surface area contributed by atoms with Gasteiger partial charge >= 0.3 is 5.97 Å². The number of amides is 2. The van der Waals surface area contributed by atoms with E-state index in [1.54, 1.807) is 49.1 Å². The van der Waals surface area contributed by atoms with E-state index in [0.29, 0.717) is 33.6 Å². The number of hydrogen-bond donors (Lipinski definition) is 1. The zero-order chi connectivity index (χ0) is 22.3. The highest BCUT2D eigenvalue weighted by Gasteiger charge is 2.27. The van der Waals surface area contributed by atoms with Gasteiger partial charge in [-0.25, -0.2) is 4.79 Å². The largest absolute Gasteiger partial charge is 0.462 e. The molecule has 1 aromatic heterocycles. The average molecular weight is 449 g/mol. The summed E-state index contributed by atoms with van der Waals surface area (Å²) in [5.41, 5.74) is 1.53. The number of thiophene rings is 1. The Morgan fingerprint density at radius 3 is 2.33 bits per heavy atom. The topological polar surface area (TPSA) is 75.7 Å². The molecule has 1 heterocycles. The third-order valence-electron chi connectivity index (χ3n) is 4.41. The highest BCUT2D eigenvalue weighted by molar-refractivity contribution is 7.18. The first-order valence-electron chi connectivity index (χ1n) is 9.66. The number of anilines is 1. The van der Waals surface area contributed by atoms with Crippen molar-refractivity contribution in [3.8, 4) is 0 Å². The second-order valence-corrected chi connectivity index (χ2v) is 7.79. The number of nitrogens with one attached hydrogen (secondary N) is 1. The SMILES string of the molecule is CCOC(=O)c1c(NC(=O)/C=C/c2ccc(Cl)cc2)sc(C(=O)N(CC)CC)c1C. The molecule has 0 atom stereocenters. The van der Waals surface area contributed by atoms with Crippen LogP contribution in [0.2, 0.25) is 5.02 Å². The number of ether oxygens (including phenoxy) is 1. The molecule has 0 aliphatic rings. The van der Waals surface area contributed by atoms with Crippen molar-refractivity contribution >= 4 is 51.8 Å². The average Bonchev–Trinajstić information content (AvgIpc) is 3.04. The fraction of sp³-hybridized carbons (Fsp3) is 0.318. The zero-order valence-electron chi connectivity index (χ0n) is 17.5. The van der Waals surface area contributed by atoms with Crippen LogP contribution in [0.25, 0.3) is 6.08 Å². The Labute approximate surface area is 185 Å². The number of halogens is 1. The summed E-state index contributed by atoms with van der Waals surface area (Å²) >= 11 is 6.95. The lowest BCUT2D eigenvalue weighted by Crippen LogP contribution is -2.30. The Kier molecular flexibility index (Phi) is 8.62. The van der Waals surface area contributed by atoms with Gasteiger partial charge in [-0.15, -0.1) is 11.3 Å². The summed E-state index contributed by atoms with van der Waals surface area (Å²) in [7, 11) is 0. The molecule has 2 amide bonds. The number of esters is 1. The van der Waals surface area contributed by atoms with Crippen LogP contribution in [0.4, 0.5) is 5.00 Å². The van der Waals surface area contributed by atoms with Crippen molar-refractivity contribution in [2.75, 3.05) is 25.0 Å². The van der Waals surface area contributed by atoms with Crippen molar-refractivity contribution < 1.29 is 19.1 Å². The molecule has 2 rings (SSSR count). The number of rotatable bonds is 8. The Hall–Kier alpha value is -2.64. The lowest BCUT2D eigenvalue weighted by molar-refractivity contribution is -0.111. The molecular formula is C22H25ClN2O4S. The second kappa shape index (κ2) is 10.9. The van der Waals surface area contributed by atoms with E-state index >= 15 is 0 Å². The summed E-state index contributed by atoms with van der Waals surface area (Å²) in [4.78, 5) is 39.9. The van der Waals surface area contributed by atoms with E-state index in [-0.39, 0.29) is 18.1 Å². The van der Waals surface area contributed by atoms with Crippen LogP contribution in [0.3, 0.4) is 0 Å². The van der Waals surface area contributed by atoms with E-state index in [2.05, 4.69) is 5.32 Å². The lowest BCUT2D eigenvalue weighted by atomic mass is 10.1. The molecule has 0 radical (unpaired) electrons. The van der Waals surface area contributed by atoms with Gasteiger partial charge in [0, 0.05) is 24.2 Å². The molecule has 30 heavy (non-hydrogen) atoms. The highest BCUT2D eigenvalue weighted by atomic mass is 35.5. The third kappa shape index (κ3) is 5.70. The van der Waals surface area contributed by atoms with Crippen molar-refractivity contribution in [1.29, 1.82) is 0 Å². The highest BCUT2D eigenvalue weighted by Crippen LogP contribution is 2.34. The smallest absolute Gasteiger partial charge is 0.341 e. The molecular weight excluding hydrogens is 424 g/mol. The molecule has 0 spiro atoms. The number of hydrogen-bond acceptors (Lipinski definition) is 5. The van der Waals surface area contributed by atoms with Gasteiger partial charge in [0.25, 0.3) is 5.91 Å². The van der Waals surface area contributed by atoms with Gasteiger partial charge in [-0.05, 0) is 57.0 Å². The maximum atomic E-state index is 12.8. The van der Waals surface area contributed by atoms with E-state index in [0.717, 1.165) is 16.9 Å². The molecule has 0 saturated carbocycles. The van der Waals surface area contributed by atoms with Crippen LogP contribution in [0.1, 0.15) is 51.9 Å².